The third kappa shape index (κ3) is 3.54. The van der Waals surface area contributed by atoms with Gasteiger partial charge in [0.1, 0.15) is 0 Å². The number of alkyl halides is 1. The molecule has 110 valence electrons. The van der Waals surface area contributed by atoms with Crippen molar-refractivity contribution in [1.29, 1.82) is 0 Å². The van der Waals surface area contributed by atoms with Crippen LogP contribution in [0.15, 0.2) is 18.2 Å². The van der Waals surface area contributed by atoms with Gasteiger partial charge in [-0.2, -0.15) is 0 Å². The Morgan fingerprint density at radius 3 is 2.80 bits per heavy atom. The lowest BCUT2D eigenvalue weighted by molar-refractivity contribution is -0.116. The van der Waals surface area contributed by atoms with Gasteiger partial charge in [-0.1, -0.05) is 45.2 Å². The van der Waals surface area contributed by atoms with Gasteiger partial charge in [-0.25, -0.2) is 0 Å². The predicted molar refractivity (Wildman–Crippen MR) is 85.3 cm³/mol. The minimum Gasteiger partial charge on any atom is -0.326 e. The van der Waals surface area contributed by atoms with Crippen LogP contribution >= 0.6 is 11.6 Å². The highest BCUT2D eigenvalue weighted by Crippen LogP contribution is 2.36. The SMILES string of the molecule is CCCCC(CC)C(Cl)c1ccc2c(c1)CCC(=O)N2. The molecule has 3 heteroatoms. The molecule has 0 radical (unpaired) electrons. The van der Waals surface area contributed by atoms with Crippen molar-refractivity contribution in [3.8, 4) is 0 Å². The smallest absolute Gasteiger partial charge is 0.224 e. The monoisotopic (exact) mass is 293 g/mol. The molecule has 0 fully saturated rings. The number of halogens is 1. The first-order valence-electron chi connectivity index (χ1n) is 7.72. The van der Waals surface area contributed by atoms with E-state index in [-0.39, 0.29) is 11.3 Å². The molecule has 2 unspecified atom stereocenters. The van der Waals surface area contributed by atoms with Crippen molar-refractivity contribution < 1.29 is 4.79 Å². The summed E-state index contributed by atoms with van der Waals surface area (Å²) >= 11 is 6.69. The second-order valence-electron chi connectivity index (χ2n) is 5.68. The van der Waals surface area contributed by atoms with Gasteiger partial charge in [0.05, 0.1) is 5.38 Å². The van der Waals surface area contributed by atoms with Crippen molar-refractivity contribution in [2.75, 3.05) is 5.32 Å². The van der Waals surface area contributed by atoms with Crippen molar-refractivity contribution in [1.82, 2.24) is 0 Å². The summed E-state index contributed by atoms with van der Waals surface area (Å²) in [6.45, 7) is 4.44. The average molecular weight is 294 g/mol. The highest BCUT2D eigenvalue weighted by molar-refractivity contribution is 6.21. The zero-order valence-electron chi connectivity index (χ0n) is 12.4. The van der Waals surface area contributed by atoms with Gasteiger partial charge in [-0.15, -0.1) is 11.6 Å². The fraction of sp³-hybridized carbons (Fsp3) is 0.588. The minimum atomic E-state index is 0.0782. The summed E-state index contributed by atoms with van der Waals surface area (Å²) in [6.07, 6.45) is 6.16. The molecular weight excluding hydrogens is 270 g/mol. The van der Waals surface area contributed by atoms with Crippen molar-refractivity contribution in [3.63, 3.8) is 0 Å². The van der Waals surface area contributed by atoms with Gasteiger partial charge in [0.25, 0.3) is 0 Å². The van der Waals surface area contributed by atoms with Crippen molar-refractivity contribution >= 4 is 23.2 Å². The number of amides is 1. The maximum atomic E-state index is 11.4. The van der Waals surface area contributed by atoms with E-state index in [4.69, 9.17) is 11.6 Å². The van der Waals surface area contributed by atoms with E-state index >= 15 is 0 Å². The summed E-state index contributed by atoms with van der Waals surface area (Å²) < 4.78 is 0. The van der Waals surface area contributed by atoms with E-state index in [1.807, 2.05) is 6.07 Å². The van der Waals surface area contributed by atoms with Crippen molar-refractivity contribution in [2.45, 2.75) is 57.7 Å². The van der Waals surface area contributed by atoms with Gasteiger partial charge in [0.2, 0.25) is 5.91 Å². The molecule has 2 rings (SSSR count). The Kier molecular flexibility index (Phi) is 5.47. The van der Waals surface area contributed by atoms with Crippen LogP contribution in [0, 0.1) is 5.92 Å². The van der Waals surface area contributed by atoms with Gasteiger partial charge in [-0.3, -0.25) is 4.79 Å². The van der Waals surface area contributed by atoms with Crippen LogP contribution < -0.4 is 5.32 Å². The molecule has 0 saturated heterocycles. The Morgan fingerprint density at radius 2 is 2.10 bits per heavy atom. The van der Waals surface area contributed by atoms with Crippen LogP contribution in [0.1, 0.15) is 62.5 Å². The Balaban J connectivity index is 2.13. The van der Waals surface area contributed by atoms with Gasteiger partial charge in [0, 0.05) is 12.1 Å². The second kappa shape index (κ2) is 7.12. The molecule has 1 amide bonds. The molecule has 2 nitrogen and oxygen atoms in total. The number of carbonyl (C=O) groups is 1. The molecule has 1 aromatic rings. The van der Waals surface area contributed by atoms with Crippen molar-refractivity contribution in [2.24, 2.45) is 5.92 Å². The van der Waals surface area contributed by atoms with E-state index in [1.165, 1.54) is 30.4 Å². The summed E-state index contributed by atoms with van der Waals surface area (Å²) in [6, 6.07) is 6.25. The fourth-order valence-corrected chi connectivity index (χ4v) is 3.31. The summed E-state index contributed by atoms with van der Waals surface area (Å²) in [4.78, 5) is 11.4. The van der Waals surface area contributed by atoms with E-state index in [2.05, 4.69) is 31.3 Å². The molecule has 0 aromatic heterocycles. The Labute approximate surface area is 126 Å². The molecule has 1 heterocycles. The first-order valence-corrected chi connectivity index (χ1v) is 8.16. The van der Waals surface area contributed by atoms with Crippen LogP contribution in [-0.4, -0.2) is 5.91 Å². The van der Waals surface area contributed by atoms with Crippen molar-refractivity contribution in [3.05, 3.63) is 29.3 Å². The summed E-state index contributed by atoms with van der Waals surface area (Å²) in [5, 5.41) is 3.00. The molecule has 0 spiro atoms. The van der Waals surface area contributed by atoms with Gasteiger partial charge < -0.3 is 5.32 Å². The maximum Gasteiger partial charge on any atom is 0.224 e. The zero-order chi connectivity index (χ0) is 14.5. The molecule has 0 aliphatic carbocycles. The zero-order valence-corrected chi connectivity index (χ0v) is 13.2. The predicted octanol–water partition coefficient (Wildman–Crippen LogP) is 5.07. The van der Waals surface area contributed by atoms with Crippen LogP contribution in [0.2, 0.25) is 0 Å². The molecule has 2 atom stereocenters. The summed E-state index contributed by atoms with van der Waals surface area (Å²) in [5.74, 6) is 0.648. The first-order chi connectivity index (χ1) is 9.65. The van der Waals surface area contributed by atoms with Crippen LogP contribution in [0.4, 0.5) is 5.69 Å². The number of unbranched alkanes of at least 4 members (excludes halogenated alkanes) is 1. The Morgan fingerprint density at radius 1 is 1.30 bits per heavy atom. The van der Waals surface area contributed by atoms with Crippen LogP contribution in [0.3, 0.4) is 0 Å². The first kappa shape index (κ1) is 15.4. The molecule has 20 heavy (non-hydrogen) atoms. The molecule has 1 aliphatic heterocycles. The van der Waals surface area contributed by atoms with Crippen LogP contribution in [-0.2, 0) is 11.2 Å². The largest absolute Gasteiger partial charge is 0.326 e. The quantitative estimate of drug-likeness (QED) is 0.729. The number of hydrogen-bond acceptors (Lipinski definition) is 1. The number of carbonyl (C=O) groups excluding carboxylic acids is 1. The summed E-state index contributed by atoms with van der Waals surface area (Å²) in [5.41, 5.74) is 3.37. The minimum absolute atomic E-state index is 0.0782. The lowest BCUT2D eigenvalue weighted by Gasteiger charge is -2.23. The number of anilines is 1. The van der Waals surface area contributed by atoms with E-state index < -0.39 is 0 Å². The Bertz CT molecular complexity index is 472. The normalized spacial score (nSPS) is 17.2. The number of nitrogens with one attached hydrogen (secondary N) is 1. The average Bonchev–Trinajstić information content (AvgIpc) is 2.47. The molecule has 0 saturated carbocycles. The second-order valence-corrected chi connectivity index (χ2v) is 6.15. The summed E-state index contributed by atoms with van der Waals surface area (Å²) in [7, 11) is 0. The molecule has 0 bridgehead atoms. The molecule has 1 N–H and O–H groups in total. The highest BCUT2D eigenvalue weighted by Gasteiger charge is 2.21. The third-order valence-corrected chi connectivity index (χ3v) is 4.82. The maximum absolute atomic E-state index is 11.4. The van der Waals surface area contributed by atoms with Crippen LogP contribution in [0.25, 0.3) is 0 Å². The van der Waals surface area contributed by atoms with Gasteiger partial charge in [0.15, 0.2) is 0 Å². The standard InChI is InChI=1S/C17H24ClNO/c1-3-5-6-12(4-2)17(18)14-7-9-15-13(11-14)8-10-16(20)19-15/h7,9,11-12,17H,3-6,8,10H2,1-2H3,(H,19,20). The van der Waals surface area contributed by atoms with E-state index in [9.17, 15) is 4.79 Å². The van der Waals surface area contributed by atoms with E-state index in [0.29, 0.717) is 12.3 Å². The number of fused-ring (bicyclic) bond motifs is 1. The lowest BCUT2D eigenvalue weighted by atomic mass is 9.89. The number of benzene rings is 1. The topological polar surface area (TPSA) is 29.1 Å². The fourth-order valence-electron chi connectivity index (χ4n) is 2.87. The van der Waals surface area contributed by atoms with E-state index in [1.54, 1.807) is 0 Å². The lowest BCUT2D eigenvalue weighted by Crippen LogP contribution is -2.19. The number of rotatable bonds is 6. The van der Waals surface area contributed by atoms with Gasteiger partial charge in [-0.05, 0) is 36.0 Å². The molecule has 1 aromatic carbocycles. The third-order valence-electron chi connectivity index (χ3n) is 4.21. The van der Waals surface area contributed by atoms with E-state index in [0.717, 1.165) is 18.5 Å². The Hall–Kier alpha value is -1.02. The number of aryl methyl sites for hydroxylation is 1. The molecule has 1 aliphatic rings. The van der Waals surface area contributed by atoms with Gasteiger partial charge >= 0.3 is 0 Å². The van der Waals surface area contributed by atoms with Crippen LogP contribution in [0.5, 0.6) is 0 Å². The molecular formula is C17H24ClNO. The highest BCUT2D eigenvalue weighted by atomic mass is 35.5. The number of hydrogen-bond donors (Lipinski definition) is 1.